The molecule has 9 heteroatoms. The van der Waals surface area contributed by atoms with Crippen molar-refractivity contribution in [3.8, 4) is 0 Å². The minimum absolute atomic E-state index is 0.0597. The van der Waals surface area contributed by atoms with E-state index in [-0.39, 0.29) is 30.1 Å². The Bertz CT molecular complexity index is 960. The molecule has 3 saturated heterocycles. The number of ether oxygens (including phenoxy) is 1. The molecule has 32 heavy (non-hydrogen) atoms. The predicted octanol–water partition coefficient (Wildman–Crippen LogP) is 2.37. The molecule has 0 N–H and O–H groups in total. The van der Waals surface area contributed by atoms with E-state index in [1.807, 2.05) is 27.3 Å². The van der Waals surface area contributed by atoms with Gasteiger partial charge in [-0.25, -0.2) is 0 Å². The average Bonchev–Trinajstić information content (AvgIpc) is 3.61. The van der Waals surface area contributed by atoms with Crippen LogP contribution >= 0.6 is 11.3 Å². The first-order valence-corrected chi connectivity index (χ1v) is 12.1. The van der Waals surface area contributed by atoms with E-state index < -0.39 is 11.8 Å². The van der Waals surface area contributed by atoms with Gasteiger partial charge in [0.25, 0.3) is 5.91 Å². The minimum Gasteiger partial charge on any atom is -0.459 e. The van der Waals surface area contributed by atoms with Gasteiger partial charge >= 0.3 is 0 Å². The molecule has 2 aromatic rings. The van der Waals surface area contributed by atoms with Crippen molar-refractivity contribution in [3.63, 3.8) is 0 Å². The van der Waals surface area contributed by atoms with Gasteiger partial charge in [-0.1, -0.05) is 6.07 Å². The van der Waals surface area contributed by atoms with Crippen molar-refractivity contribution in [1.29, 1.82) is 0 Å². The highest BCUT2D eigenvalue weighted by Gasteiger charge is 2.55. The number of hydrogen-bond donors (Lipinski definition) is 0. The average molecular weight is 458 g/mol. The number of likely N-dealkylation sites (tertiary alicyclic amines) is 2. The number of thiophene rings is 1. The maximum atomic E-state index is 13.4. The van der Waals surface area contributed by atoms with Gasteiger partial charge in [-0.05, 0) is 36.4 Å². The molecule has 3 amide bonds. The van der Waals surface area contributed by atoms with Crippen LogP contribution in [0.4, 0.5) is 0 Å². The van der Waals surface area contributed by atoms with Crippen molar-refractivity contribution in [2.24, 2.45) is 0 Å². The number of amides is 3. The van der Waals surface area contributed by atoms with Crippen LogP contribution in [-0.2, 0) is 20.7 Å². The molecule has 5 rings (SSSR count). The van der Waals surface area contributed by atoms with Crippen LogP contribution in [0.1, 0.15) is 41.1 Å². The lowest BCUT2D eigenvalue weighted by molar-refractivity contribution is -0.144. The zero-order valence-electron chi connectivity index (χ0n) is 17.9. The Kier molecular flexibility index (Phi) is 5.77. The van der Waals surface area contributed by atoms with Crippen LogP contribution in [0.25, 0.3) is 0 Å². The van der Waals surface area contributed by atoms with Gasteiger partial charge in [0.05, 0.1) is 19.3 Å². The molecule has 3 aliphatic rings. The summed E-state index contributed by atoms with van der Waals surface area (Å²) in [7, 11) is 0. The highest BCUT2D eigenvalue weighted by molar-refractivity contribution is 7.10. The fourth-order valence-electron chi connectivity index (χ4n) is 5.00. The molecular weight excluding hydrogens is 430 g/mol. The van der Waals surface area contributed by atoms with Crippen molar-refractivity contribution < 1.29 is 23.5 Å². The third kappa shape index (κ3) is 3.84. The topological polar surface area (TPSA) is 83.3 Å². The largest absolute Gasteiger partial charge is 0.459 e. The molecule has 0 unspecified atom stereocenters. The summed E-state index contributed by atoms with van der Waals surface area (Å²) in [5, 5.41) is 1.97. The van der Waals surface area contributed by atoms with Gasteiger partial charge in [0.15, 0.2) is 5.76 Å². The van der Waals surface area contributed by atoms with Crippen molar-refractivity contribution >= 4 is 29.1 Å². The number of hydrogen-bond acceptors (Lipinski definition) is 6. The zero-order valence-corrected chi connectivity index (χ0v) is 18.7. The first kappa shape index (κ1) is 21.2. The molecule has 0 aromatic carbocycles. The molecule has 5 heterocycles. The Hall–Kier alpha value is -2.65. The Morgan fingerprint density at radius 2 is 1.81 bits per heavy atom. The lowest BCUT2D eigenvalue weighted by Crippen LogP contribution is -2.60. The number of nitrogens with zero attached hydrogens (tertiary/aromatic N) is 3. The second kappa shape index (κ2) is 8.71. The Morgan fingerprint density at radius 1 is 1.03 bits per heavy atom. The molecule has 0 saturated carbocycles. The van der Waals surface area contributed by atoms with Gasteiger partial charge in [-0.2, -0.15) is 0 Å². The van der Waals surface area contributed by atoms with Crippen LogP contribution in [-0.4, -0.2) is 77.0 Å². The summed E-state index contributed by atoms with van der Waals surface area (Å²) in [5.41, 5.74) is -0.899. The van der Waals surface area contributed by atoms with E-state index in [4.69, 9.17) is 9.15 Å². The lowest BCUT2D eigenvalue weighted by atomic mass is 9.97. The van der Waals surface area contributed by atoms with Crippen LogP contribution in [0.3, 0.4) is 0 Å². The van der Waals surface area contributed by atoms with Crippen LogP contribution in [0, 0.1) is 0 Å². The Labute approximate surface area is 190 Å². The van der Waals surface area contributed by atoms with E-state index in [2.05, 4.69) is 0 Å². The number of rotatable bonds is 4. The van der Waals surface area contributed by atoms with Crippen LogP contribution in [0.5, 0.6) is 0 Å². The fraction of sp³-hybridized carbons (Fsp3) is 0.522. The first-order chi connectivity index (χ1) is 15.6. The van der Waals surface area contributed by atoms with Gasteiger partial charge in [-0.15, -0.1) is 11.3 Å². The van der Waals surface area contributed by atoms with Gasteiger partial charge < -0.3 is 19.0 Å². The van der Waals surface area contributed by atoms with E-state index in [9.17, 15) is 14.4 Å². The third-order valence-electron chi connectivity index (χ3n) is 6.72. The van der Waals surface area contributed by atoms with E-state index in [1.54, 1.807) is 28.4 Å². The summed E-state index contributed by atoms with van der Waals surface area (Å²) in [5.74, 6) is -0.113. The van der Waals surface area contributed by atoms with E-state index in [0.29, 0.717) is 32.4 Å². The summed E-state index contributed by atoms with van der Waals surface area (Å²) in [6, 6.07) is 6.53. The van der Waals surface area contributed by atoms with Crippen LogP contribution in [0.15, 0.2) is 40.3 Å². The SMILES string of the molecule is O=C(Cc1cccs1)N1CCC2(CC1)OC[C@H](C(=O)N1CCCC1)N2C(=O)c1ccco1. The molecule has 170 valence electrons. The molecular formula is C23H27N3O5S. The van der Waals surface area contributed by atoms with Crippen molar-refractivity contribution in [3.05, 3.63) is 46.5 Å². The van der Waals surface area contributed by atoms with Crippen LogP contribution < -0.4 is 0 Å². The maximum absolute atomic E-state index is 13.4. The number of piperidine rings is 1. The van der Waals surface area contributed by atoms with Gasteiger partial charge in [0, 0.05) is 43.9 Å². The molecule has 2 aromatic heterocycles. The van der Waals surface area contributed by atoms with Gasteiger partial charge in [-0.3, -0.25) is 19.3 Å². The lowest BCUT2D eigenvalue weighted by Gasteiger charge is -2.44. The summed E-state index contributed by atoms with van der Waals surface area (Å²) in [4.78, 5) is 45.8. The summed E-state index contributed by atoms with van der Waals surface area (Å²) in [6.07, 6.45) is 4.76. The van der Waals surface area contributed by atoms with Crippen molar-refractivity contribution in [2.45, 2.75) is 43.9 Å². The molecule has 8 nitrogen and oxygen atoms in total. The third-order valence-corrected chi connectivity index (χ3v) is 7.59. The number of carbonyl (C=O) groups excluding carboxylic acids is 3. The summed E-state index contributed by atoms with van der Waals surface area (Å²) in [6.45, 7) is 2.57. The highest BCUT2D eigenvalue weighted by Crippen LogP contribution is 2.39. The summed E-state index contributed by atoms with van der Waals surface area (Å²) < 4.78 is 11.6. The van der Waals surface area contributed by atoms with Crippen molar-refractivity contribution in [1.82, 2.24) is 14.7 Å². The number of furan rings is 1. The zero-order chi connectivity index (χ0) is 22.1. The quantitative estimate of drug-likeness (QED) is 0.704. The highest BCUT2D eigenvalue weighted by atomic mass is 32.1. The summed E-state index contributed by atoms with van der Waals surface area (Å²) >= 11 is 1.57. The second-order valence-corrected chi connectivity index (χ2v) is 9.63. The molecule has 0 bridgehead atoms. The Morgan fingerprint density at radius 3 is 2.47 bits per heavy atom. The smallest absolute Gasteiger partial charge is 0.292 e. The van der Waals surface area contributed by atoms with Gasteiger partial charge in [0.1, 0.15) is 11.8 Å². The standard InChI is InChI=1S/C23H27N3O5S/c27-20(15-17-5-4-14-32-17)24-11-7-23(8-12-24)26(22(29)19-6-3-13-30-19)18(16-31-23)21(28)25-9-1-2-10-25/h3-6,13-14,18H,1-2,7-12,15-16H2/t18-/m1/s1. The Balaban J connectivity index is 1.34. The van der Waals surface area contributed by atoms with E-state index in [0.717, 1.165) is 30.8 Å². The van der Waals surface area contributed by atoms with E-state index >= 15 is 0 Å². The molecule has 0 aliphatic carbocycles. The van der Waals surface area contributed by atoms with Crippen LogP contribution in [0.2, 0.25) is 0 Å². The van der Waals surface area contributed by atoms with Crippen molar-refractivity contribution in [2.75, 3.05) is 32.8 Å². The van der Waals surface area contributed by atoms with E-state index in [1.165, 1.54) is 6.26 Å². The molecule has 1 spiro atoms. The monoisotopic (exact) mass is 457 g/mol. The second-order valence-electron chi connectivity index (χ2n) is 8.59. The predicted molar refractivity (Wildman–Crippen MR) is 117 cm³/mol. The molecule has 3 aliphatic heterocycles. The maximum Gasteiger partial charge on any atom is 0.292 e. The molecule has 3 fully saturated rings. The molecule has 1 atom stereocenters. The first-order valence-electron chi connectivity index (χ1n) is 11.2. The fourth-order valence-corrected chi connectivity index (χ4v) is 5.70. The van der Waals surface area contributed by atoms with Gasteiger partial charge in [0.2, 0.25) is 11.8 Å². The molecule has 0 radical (unpaired) electrons. The normalized spacial score (nSPS) is 22.6. The number of carbonyl (C=O) groups is 3. The minimum atomic E-state index is -0.899.